The van der Waals surface area contributed by atoms with Crippen LogP contribution in [-0.4, -0.2) is 19.7 Å². The van der Waals surface area contributed by atoms with Crippen LogP contribution in [0.3, 0.4) is 0 Å². The Morgan fingerprint density at radius 1 is 1.50 bits per heavy atom. The van der Waals surface area contributed by atoms with Crippen molar-refractivity contribution < 1.29 is 0 Å². The number of hydrogen-bond donors (Lipinski definition) is 2. The topological polar surface area (TPSA) is 105 Å². The van der Waals surface area contributed by atoms with Gasteiger partial charge in [0, 0.05) is 6.20 Å². The molecule has 7 nitrogen and oxygen atoms in total. The molecular weight excluding hydrogens is 206 g/mol. The van der Waals surface area contributed by atoms with Gasteiger partial charge in [-0.2, -0.15) is 5.26 Å². The van der Waals surface area contributed by atoms with Gasteiger partial charge >= 0.3 is 0 Å². The molecule has 0 unspecified atom stereocenters. The molecule has 0 radical (unpaired) electrons. The van der Waals surface area contributed by atoms with Crippen molar-refractivity contribution >= 4 is 5.69 Å². The summed E-state index contributed by atoms with van der Waals surface area (Å²) in [5, 5.41) is 12.5. The van der Waals surface area contributed by atoms with E-state index in [4.69, 9.17) is 11.1 Å². The highest BCUT2D eigenvalue weighted by molar-refractivity contribution is 5.41. The summed E-state index contributed by atoms with van der Waals surface area (Å²) in [7, 11) is 0. The average molecular weight is 215 g/mol. The summed E-state index contributed by atoms with van der Waals surface area (Å²) in [4.78, 5) is 7.95. The number of aromatic nitrogens is 4. The third-order valence-electron chi connectivity index (χ3n) is 1.94. The van der Waals surface area contributed by atoms with Crippen molar-refractivity contribution in [3.05, 3.63) is 36.2 Å². The molecule has 0 aliphatic heterocycles. The largest absolute Gasteiger partial charge is 0.324 e. The number of nitrogens with zero attached hydrogens (tertiary/aromatic N) is 5. The summed E-state index contributed by atoms with van der Waals surface area (Å²) in [6.07, 6.45) is 3.13. The van der Waals surface area contributed by atoms with Gasteiger partial charge in [0.2, 0.25) is 0 Å². The molecule has 2 rings (SSSR count). The average Bonchev–Trinajstić information content (AvgIpc) is 2.77. The first-order valence-electron chi connectivity index (χ1n) is 4.53. The van der Waals surface area contributed by atoms with Crippen molar-refractivity contribution in [1.29, 1.82) is 5.26 Å². The van der Waals surface area contributed by atoms with E-state index in [9.17, 15) is 0 Å². The fourth-order valence-electron chi connectivity index (χ4n) is 1.24. The van der Waals surface area contributed by atoms with Gasteiger partial charge < -0.3 is 5.43 Å². The lowest BCUT2D eigenvalue weighted by atomic mass is 10.3. The summed E-state index contributed by atoms with van der Waals surface area (Å²) in [6.45, 7) is 0.449. The molecule has 16 heavy (non-hydrogen) atoms. The van der Waals surface area contributed by atoms with Gasteiger partial charge in [-0.05, 0) is 12.1 Å². The second-order valence-corrected chi connectivity index (χ2v) is 3.06. The molecule has 7 heteroatoms. The first-order valence-corrected chi connectivity index (χ1v) is 4.53. The zero-order valence-electron chi connectivity index (χ0n) is 8.33. The Hall–Kier alpha value is -2.46. The molecule has 0 bridgehead atoms. The van der Waals surface area contributed by atoms with Gasteiger partial charge in [-0.25, -0.2) is 9.67 Å². The van der Waals surface area contributed by atoms with E-state index in [1.54, 1.807) is 23.0 Å². The normalized spacial score (nSPS) is 9.75. The number of hydrogen-bond acceptors (Lipinski definition) is 6. The molecule has 2 aromatic heterocycles. The van der Waals surface area contributed by atoms with E-state index < -0.39 is 0 Å². The zero-order valence-corrected chi connectivity index (χ0v) is 8.33. The highest BCUT2D eigenvalue weighted by Gasteiger charge is 2.01. The Bertz CT molecular complexity index is 525. The van der Waals surface area contributed by atoms with Crippen LogP contribution in [0.2, 0.25) is 0 Å². The van der Waals surface area contributed by atoms with E-state index >= 15 is 0 Å². The molecule has 3 N–H and O–H groups in total. The number of nitrogen functional groups attached to an aromatic ring is 1. The highest BCUT2D eigenvalue weighted by Crippen LogP contribution is 2.06. The highest BCUT2D eigenvalue weighted by atomic mass is 15.3. The number of rotatable bonds is 3. The van der Waals surface area contributed by atoms with E-state index in [0.29, 0.717) is 6.54 Å². The third-order valence-corrected chi connectivity index (χ3v) is 1.94. The molecule has 0 fully saturated rings. The molecule has 0 atom stereocenters. The Morgan fingerprint density at radius 2 is 2.38 bits per heavy atom. The fraction of sp³-hybridized carbons (Fsp3) is 0.111. The van der Waals surface area contributed by atoms with E-state index in [2.05, 4.69) is 20.5 Å². The lowest BCUT2D eigenvalue weighted by Crippen LogP contribution is -2.08. The molecule has 0 aliphatic rings. The summed E-state index contributed by atoms with van der Waals surface area (Å²) in [6, 6.07) is 5.41. The van der Waals surface area contributed by atoms with Crippen LogP contribution in [0.15, 0.2) is 24.7 Å². The molecule has 0 saturated carbocycles. The van der Waals surface area contributed by atoms with Gasteiger partial charge in [-0.3, -0.25) is 10.8 Å². The number of anilines is 1. The van der Waals surface area contributed by atoms with Crippen LogP contribution in [0.1, 0.15) is 11.5 Å². The van der Waals surface area contributed by atoms with E-state index in [1.165, 1.54) is 6.33 Å². The van der Waals surface area contributed by atoms with Crippen molar-refractivity contribution in [2.75, 3.05) is 5.43 Å². The lowest BCUT2D eigenvalue weighted by Gasteiger charge is -2.03. The van der Waals surface area contributed by atoms with Crippen molar-refractivity contribution in [2.45, 2.75) is 6.54 Å². The van der Waals surface area contributed by atoms with Gasteiger partial charge in [-0.15, -0.1) is 5.10 Å². The predicted molar refractivity (Wildman–Crippen MR) is 55.9 cm³/mol. The van der Waals surface area contributed by atoms with Crippen LogP contribution in [0.25, 0.3) is 0 Å². The number of pyridine rings is 1. The number of nitrogens with two attached hydrogens (primary N) is 1. The smallest absolute Gasteiger partial charge is 0.252 e. The number of hydrazine groups is 1. The molecule has 2 heterocycles. The van der Waals surface area contributed by atoms with Gasteiger partial charge in [0.25, 0.3) is 5.82 Å². The first kappa shape index (κ1) is 10.1. The molecule has 0 saturated heterocycles. The third kappa shape index (κ3) is 2.13. The second kappa shape index (κ2) is 4.37. The minimum atomic E-state index is 0.146. The van der Waals surface area contributed by atoms with Crippen molar-refractivity contribution in [3.63, 3.8) is 0 Å². The van der Waals surface area contributed by atoms with E-state index in [-0.39, 0.29) is 5.82 Å². The molecule has 0 aromatic carbocycles. The Kier molecular flexibility index (Phi) is 2.75. The van der Waals surface area contributed by atoms with Crippen molar-refractivity contribution in [2.24, 2.45) is 5.84 Å². The molecular formula is C9H9N7. The van der Waals surface area contributed by atoms with Crippen LogP contribution in [0.5, 0.6) is 0 Å². The fourth-order valence-corrected chi connectivity index (χ4v) is 1.24. The van der Waals surface area contributed by atoms with Crippen LogP contribution >= 0.6 is 0 Å². The monoisotopic (exact) mass is 215 g/mol. The zero-order chi connectivity index (χ0) is 11.4. The van der Waals surface area contributed by atoms with Crippen LogP contribution in [0, 0.1) is 11.3 Å². The Labute approximate surface area is 91.5 Å². The summed E-state index contributed by atoms with van der Waals surface area (Å²) in [5.74, 6) is 5.43. The van der Waals surface area contributed by atoms with E-state index in [1.807, 2.05) is 6.07 Å². The van der Waals surface area contributed by atoms with Gasteiger partial charge in [-0.1, -0.05) is 0 Å². The van der Waals surface area contributed by atoms with Crippen molar-refractivity contribution in [3.8, 4) is 6.07 Å². The predicted octanol–water partition coefficient (Wildman–Crippen LogP) is -0.121. The maximum Gasteiger partial charge on any atom is 0.252 e. The summed E-state index contributed by atoms with van der Waals surface area (Å²) < 4.78 is 1.54. The standard InChI is InChI=1S/C9H9N7/c10-4-9-13-6-16(15-9)5-8-3-7(14-11)1-2-12-8/h1-3,6H,5,11H2,(H,12,14). The quantitative estimate of drug-likeness (QED) is 0.546. The maximum atomic E-state index is 8.57. The SMILES string of the molecule is N#Cc1ncn(Cc2cc(NN)ccn2)n1. The second-order valence-electron chi connectivity index (χ2n) is 3.06. The molecule has 0 spiro atoms. The Morgan fingerprint density at radius 3 is 3.06 bits per heavy atom. The molecule has 0 amide bonds. The van der Waals surface area contributed by atoms with Gasteiger partial charge in [0.1, 0.15) is 12.4 Å². The van der Waals surface area contributed by atoms with Crippen LogP contribution in [-0.2, 0) is 6.54 Å². The van der Waals surface area contributed by atoms with Crippen LogP contribution in [0.4, 0.5) is 5.69 Å². The van der Waals surface area contributed by atoms with Gasteiger partial charge in [0.15, 0.2) is 0 Å². The Balaban J connectivity index is 2.17. The van der Waals surface area contributed by atoms with E-state index in [0.717, 1.165) is 11.4 Å². The molecule has 2 aromatic rings. The minimum absolute atomic E-state index is 0.146. The summed E-state index contributed by atoms with van der Waals surface area (Å²) in [5.41, 5.74) is 4.08. The molecule has 80 valence electrons. The molecule has 0 aliphatic carbocycles. The number of nitrogens with one attached hydrogen (secondary N) is 1. The van der Waals surface area contributed by atoms with Crippen molar-refractivity contribution in [1.82, 2.24) is 19.7 Å². The minimum Gasteiger partial charge on any atom is -0.324 e. The van der Waals surface area contributed by atoms with Crippen LogP contribution < -0.4 is 11.3 Å². The summed E-state index contributed by atoms with van der Waals surface area (Å²) >= 11 is 0. The maximum absolute atomic E-state index is 8.57. The first-order chi connectivity index (χ1) is 7.81. The lowest BCUT2D eigenvalue weighted by molar-refractivity contribution is 0.669. The number of nitriles is 1. The van der Waals surface area contributed by atoms with Gasteiger partial charge in [0.05, 0.1) is 17.9 Å².